The van der Waals surface area contributed by atoms with E-state index >= 15 is 0 Å². The van der Waals surface area contributed by atoms with Gasteiger partial charge in [0.25, 0.3) is 0 Å². The van der Waals surface area contributed by atoms with Gasteiger partial charge >= 0.3 is 19.5 Å². The molecule has 43 heavy (non-hydrogen) atoms. The molecule has 0 saturated carbocycles. The molecular weight excluding hydrogens is 594 g/mol. The third-order valence-corrected chi connectivity index (χ3v) is 7.46. The molecule has 9 rings (SSSR count). The van der Waals surface area contributed by atoms with Gasteiger partial charge in [-0.2, -0.15) is 0 Å². The van der Waals surface area contributed by atoms with E-state index in [-0.39, 0.29) is 30.4 Å². The zero-order valence-corrected chi connectivity index (χ0v) is 25.5. The van der Waals surface area contributed by atoms with Gasteiger partial charge in [0.1, 0.15) is 22.6 Å². The number of fused-ring (bicyclic) bond motifs is 20. The predicted molar refractivity (Wildman–Crippen MR) is 160 cm³/mol. The van der Waals surface area contributed by atoms with Crippen molar-refractivity contribution in [1.82, 2.24) is 39.9 Å². The molecule has 0 saturated heterocycles. The van der Waals surface area contributed by atoms with Crippen LogP contribution in [-0.2, 0) is 19.5 Å². The number of hydrogen-bond acceptors (Lipinski definition) is 8. The maximum atomic E-state index is 5.02. The van der Waals surface area contributed by atoms with E-state index in [1.807, 2.05) is 97.1 Å². The first-order valence-corrected chi connectivity index (χ1v) is 13.0. The van der Waals surface area contributed by atoms with Gasteiger partial charge in [0.15, 0.2) is 23.3 Å². The molecule has 8 bridgehead atoms. The summed E-state index contributed by atoms with van der Waals surface area (Å²) in [6.45, 7) is 0. The second-order valence-electron chi connectivity index (χ2n) is 9.79. The quantitative estimate of drug-likeness (QED) is 0.182. The maximum Gasteiger partial charge on any atom is 2.00 e. The van der Waals surface area contributed by atoms with E-state index in [2.05, 4.69) is 9.97 Å². The van der Waals surface area contributed by atoms with Gasteiger partial charge < -0.3 is 20.9 Å². The van der Waals surface area contributed by atoms with Crippen LogP contribution in [0.2, 0.25) is 0 Å². The molecule has 0 spiro atoms. The second-order valence-corrected chi connectivity index (χ2v) is 9.79. The smallest absolute Gasteiger partial charge is 0.870 e. The van der Waals surface area contributed by atoms with Gasteiger partial charge in [-0.15, -0.1) is 0 Å². The molecule has 5 heterocycles. The minimum absolute atomic E-state index is 0. The summed E-state index contributed by atoms with van der Waals surface area (Å²) in [4.78, 5) is 36.8. The Labute approximate surface area is 256 Å². The Hall–Kier alpha value is -5.22. The van der Waals surface area contributed by atoms with E-state index in [0.29, 0.717) is 45.9 Å². The van der Waals surface area contributed by atoms with Crippen LogP contribution in [0.1, 0.15) is 0 Å². The van der Waals surface area contributed by atoms with Gasteiger partial charge in [0.05, 0.1) is 0 Å². The van der Waals surface area contributed by atoms with Crippen molar-refractivity contribution in [3.63, 3.8) is 0 Å². The van der Waals surface area contributed by atoms with Crippen LogP contribution in [0.15, 0.2) is 97.1 Å². The van der Waals surface area contributed by atoms with Gasteiger partial charge in [0.2, 0.25) is 0 Å². The second kappa shape index (κ2) is 10.6. The first-order chi connectivity index (χ1) is 19.8. The molecule has 0 atom stereocenters. The Morgan fingerprint density at radius 3 is 0.814 bits per heavy atom. The average Bonchev–Trinajstić information content (AvgIpc) is 3.73. The van der Waals surface area contributed by atoms with Crippen LogP contribution in [0, 0.1) is 0 Å². The third kappa shape index (κ3) is 4.21. The molecule has 4 aromatic carbocycles. The number of nitrogens with one attached hydrogen (secondary N) is 2. The summed E-state index contributed by atoms with van der Waals surface area (Å²) < 4.78 is 0. The van der Waals surface area contributed by atoms with Gasteiger partial charge in [-0.25, -0.2) is 29.9 Å². The Kier molecular flexibility index (Phi) is 6.86. The molecule has 10 nitrogen and oxygen atoms in total. The van der Waals surface area contributed by atoms with E-state index in [0.717, 1.165) is 43.8 Å². The minimum Gasteiger partial charge on any atom is -0.870 e. The van der Waals surface area contributed by atoms with Crippen molar-refractivity contribution in [1.29, 1.82) is 0 Å². The summed E-state index contributed by atoms with van der Waals surface area (Å²) in [5.41, 5.74) is 6.45. The van der Waals surface area contributed by atoms with Crippen molar-refractivity contribution in [2.75, 3.05) is 0 Å². The predicted octanol–water partition coefficient (Wildman–Crippen LogP) is 6.51. The maximum absolute atomic E-state index is 5.02. The van der Waals surface area contributed by atoms with E-state index in [1.165, 1.54) is 0 Å². The summed E-state index contributed by atoms with van der Waals surface area (Å²) in [6, 6.07) is 32.2. The van der Waals surface area contributed by atoms with E-state index in [1.54, 1.807) is 0 Å². The van der Waals surface area contributed by atoms with Crippen LogP contribution in [0.25, 0.3) is 89.7 Å². The fraction of sp³-hybridized carbons (Fsp3) is 0. The topological polar surface area (TPSA) is 169 Å². The molecule has 4 N–H and O–H groups in total. The molecule has 202 valence electrons. The zero-order valence-electron chi connectivity index (χ0n) is 22.5. The molecule has 0 aliphatic carbocycles. The van der Waals surface area contributed by atoms with Crippen molar-refractivity contribution in [3.8, 4) is 45.6 Å². The Bertz CT molecular complexity index is 2050. The molecule has 2 aliphatic heterocycles. The third-order valence-electron chi connectivity index (χ3n) is 7.46. The summed E-state index contributed by atoms with van der Waals surface area (Å²) in [6.07, 6.45) is 0. The van der Waals surface area contributed by atoms with Gasteiger partial charge in [-0.1, -0.05) is 97.1 Å². The normalized spacial score (nSPS) is 11.2. The van der Waals surface area contributed by atoms with E-state index in [9.17, 15) is 0 Å². The molecule has 0 unspecified atom stereocenters. The van der Waals surface area contributed by atoms with Crippen molar-refractivity contribution in [2.24, 2.45) is 0 Å². The number of aromatic nitrogens is 8. The van der Waals surface area contributed by atoms with Crippen LogP contribution in [-0.4, -0.2) is 50.8 Å². The minimum atomic E-state index is 0. The molecule has 0 amide bonds. The first-order valence-electron chi connectivity index (χ1n) is 13.0. The van der Waals surface area contributed by atoms with E-state index < -0.39 is 0 Å². The molecule has 11 heteroatoms. The Balaban J connectivity index is 0.00000110. The number of H-pyrrole nitrogens is 2. The number of rotatable bonds is 0. The Morgan fingerprint density at radius 1 is 0.326 bits per heavy atom. The molecule has 2 aliphatic rings. The van der Waals surface area contributed by atoms with Crippen LogP contribution in [0.3, 0.4) is 0 Å². The number of nitrogens with zero attached hydrogens (tertiary/aromatic N) is 6. The van der Waals surface area contributed by atoms with Gasteiger partial charge in [-0.3, -0.25) is 0 Å². The SMILES string of the molecule is [OH-].[OH-].[Zn+2].c1ccc2c(c1)-c1nc-2nc2[nH]c(nc3nc(nc4[nH]c(n1)c1ccccc41)-c1ccccc1-3)c1ccccc21. The summed E-state index contributed by atoms with van der Waals surface area (Å²) >= 11 is 0. The molecular formula is C32H20N8O2Zn. The van der Waals surface area contributed by atoms with Crippen LogP contribution < -0.4 is 0 Å². The summed E-state index contributed by atoms with van der Waals surface area (Å²) in [5.74, 6) is 2.39. The van der Waals surface area contributed by atoms with E-state index in [4.69, 9.17) is 29.9 Å². The van der Waals surface area contributed by atoms with Crippen molar-refractivity contribution >= 4 is 44.1 Å². The van der Waals surface area contributed by atoms with Gasteiger partial charge in [0, 0.05) is 43.8 Å². The number of benzene rings is 4. The molecule has 0 radical (unpaired) electrons. The van der Waals surface area contributed by atoms with Crippen LogP contribution in [0.4, 0.5) is 0 Å². The van der Waals surface area contributed by atoms with Crippen LogP contribution in [0.5, 0.6) is 0 Å². The molecule has 3 aromatic heterocycles. The summed E-state index contributed by atoms with van der Waals surface area (Å²) in [5, 5.41) is 3.82. The first kappa shape index (κ1) is 27.9. The number of hydrogen-bond donors (Lipinski definition) is 2. The zero-order chi connectivity index (χ0) is 26.2. The molecule has 0 fully saturated rings. The molecule has 7 aromatic rings. The van der Waals surface area contributed by atoms with Crippen LogP contribution >= 0.6 is 0 Å². The monoisotopic (exact) mass is 612 g/mol. The number of aromatic amines is 2. The van der Waals surface area contributed by atoms with Crippen molar-refractivity contribution in [2.45, 2.75) is 0 Å². The van der Waals surface area contributed by atoms with Crippen molar-refractivity contribution < 1.29 is 30.4 Å². The standard InChI is InChI=1S/C32H18N8.2H2O.Zn/c1-2-10-18-17(9-1)25-33-26(18)38-28-21-13-5-6-14-22(21)30(35-28)40-32-24-16-8-7-15-23(24)31(36-32)39-29-20-12-4-3-11-19(20)27(34-29)37-25;;;/h1-16H,(H2,33,34,35,36,37,38,39,40);2*1H2;/q;;;+2/p-2. The summed E-state index contributed by atoms with van der Waals surface area (Å²) in [7, 11) is 0. The fourth-order valence-electron chi connectivity index (χ4n) is 5.59. The van der Waals surface area contributed by atoms with Crippen molar-refractivity contribution in [3.05, 3.63) is 97.1 Å². The Morgan fingerprint density at radius 2 is 0.558 bits per heavy atom. The average molecular weight is 614 g/mol. The fourth-order valence-corrected chi connectivity index (χ4v) is 5.59. The largest absolute Gasteiger partial charge is 2.00 e. The van der Waals surface area contributed by atoms with Gasteiger partial charge in [-0.05, 0) is 0 Å².